The summed E-state index contributed by atoms with van der Waals surface area (Å²) in [5, 5.41) is 3.87. The van der Waals surface area contributed by atoms with Crippen LogP contribution in [0.4, 0.5) is 0 Å². The molecule has 0 saturated heterocycles. The van der Waals surface area contributed by atoms with Crippen LogP contribution in [0.25, 0.3) is 5.20 Å². The first-order valence-electron chi connectivity index (χ1n) is 10.1. The van der Waals surface area contributed by atoms with Gasteiger partial charge in [0.25, 0.3) is 0 Å². The number of hydrogen-bond donors (Lipinski definition) is 0. The summed E-state index contributed by atoms with van der Waals surface area (Å²) in [6.07, 6.45) is 0. The van der Waals surface area contributed by atoms with Crippen molar-refractivity contribution in [3.05, 3.63) is 41.2 Å². The summed E-state index contributed by atoms with van der Waals surface area (Å²) >= 11 is 0. The number of allylic oxidation sites excluding steroid dienone is 1. The van der Waals surface area contributed by atoms with E-state index in [1.165, 1.54) is 0 Å². The molecule has 1 aliphatic rings. The number of rotatable bonds is 4. The molecule has 5 heteroatoms. The maximum Gasteiger partial charge on any atom is 0.0994 e. The second kappa shape index (κ2) is 6.65. The lowest BCUT2D eigenvalue weighted by Crippen LogP contribution is -2.76. The lowest BCUT2D eigenvalue weighted by atomic mass is 9.94. The highest BCUT2D eigenvalue weighted by Crippen LogP contribution is 2.80. The molecule has 0 fully saturated rings. The zero-order valence-electron chi connectivity index (χ0n) is 19.3. The van der Waals surface area contributed by atoms with E-state index in [1.54, 1.807) is 5.56 Å². The Morgan fingerprint density at radius 2 is 1.15 bits per heavy atom. The Labute approximate surface area is 168 Å². The first kappa shape index (κ1) is 22.5. The zero-order valence-corrected chi connectivity index (χ0v) is 24.2. The number of hydrogen-bond acceptors (Lipinski definition) is 0. The molecule has 1 unspecified atom stereocenters. The first-order valence-corrected chi connectivity index (χ1v) is 27.6. The van der Waals surface area contributed by atoms with E-state index in [2.05, 4.69) is 110 Å². The predicted octanol–water partition coefficient (Wildman–Crippen LogP) is 8.09. The molecule has 1 aromatic rings. The van der Waals surface area contributed by atoms with Crippen LogP contribution < -0.4 is 0 Å². The van der Waals surface area contributed by atoms with Gasteiger partial charge in [0.05, 0.1) is 14.5 Å². The molecule has 1 atom stereocenters. The minimum atomic E-state index is -1.47. The molecule has 0 radical (unpaired) electrons. The van der Waals surface area contributed by atoms with Gasteiger partial charge in [-0.25, -0.2) is 0 Å². The Bertz CT molecular complexity index is 681. The standard InChI is InChI=1S/C21H41PSi4/c1-21(2,3)20-19(18-16-14-13-15-17-18)26(24(7,8)9,25(10,11)12)22(20)23(4,5)6/h13-17H,1-12H3. The average molecular weight is 437 g/mol. The number of benzene rings is 1. The van der Waals surface area contributed by atoms with E-state index in [4.69, 9.17) is 0 Å². The predicted molar refractivity (Wildman–Crippen MR) is 136 cm³/mol. The fourth-order valence-corrected chi connectivity index (χ4v) is 124. The molecule has 0 bridgehead atoms. The van der Waals surface area contributed by atoms with E-state index in [9.17, 15) is 0 Å². The average Bonchev–Trinajstić information content (AvgIpc) is 2.31. The smallest absolute Gasteiger partial charge is 0.0994 e. The third-order valence-electron chi connectivity index (χ3n) is 5.77. The Balaban J connectivity index is 3.02. The van der Waals surface area contributed by atoms with E-state index in [1.807, 2.05) is 10.5 Å². The summed E-state index contributed by atoms with van der Waals surface area (Å²) in [4.78, 5) is 0. The van der Waals surface area contributed by atoms with Crippen molar-refractivity contribution < 1.29 is 0 Å². The Morgan fingerprint density at radius 1 is 0.731 bits per heavy atom. The van der Waals surface area contributed by atoms with Crippen LogP contribution in [0.1, 0.15) is 26.3 Å². The largest absolute Gasteiger partial charge is 0.103 e. The summed E-state index contributed by atoms with van der Waals surface area (Å²) in [7, 11) is -3.72. The van der Waals surface area contributed by atoms with Crippen molar-refractivity contribution in [2.45, 2.75) is 79.7 Å². The SMILES string of the molecule is CC(C)(C)C1=C(c2ccccc2)[Si]([Si](C)(C)C)([Si](C)(C)C)P1[Si](C)(C)C. The van der Waals surface area contributed by atoms with Crippen LogP contribution in [0.2, 0.25) is 58.9 Å². The molecule has 0 nitrogen and oxygen atoms in total. The topological polar surface area (TPSA) is 0 Å². The van der Waals surface area contributed by atoms with Gasteiger partial charge in [-0.3, -0.25) is 0 Å². The maximum atomic E-state index is 2.73. The molecule has 2 rings (SSSR count). The molecular weight excluding hydrogens is 396 g/mol. The molecule has 26 heavy (non-hydrogen) atoms. The maximum absolute atomic E-state index is 2.73. The van der Waals surface area contributed by atoms with Crippen LogP contribution in [0.3, 0.4) is 0 Å². The van der Waals surface area contributed by atoms with Crippen molar-refractivity contribution in [2.75, 3.05) is 0 Å². The molecular formula is C21H41PSi4. The fraction of sp³-hybridized carbons (Fsp3) is 0.619. The van der Waals surface area contributed by atoms with Gasteiger partial charge in [0.2, 0.25) is 0 Å². The van der Waals surface area contributed by atoms with Gasteiger partial charge in [-0.15, -0.1) is 7.02 Å². The minimum Gasteiger partial charge on any atom is -0.103 e. The second-order valence-corrected chi connectivity index (χ2v) is 56.0. The second-order valence-electron chi connectivity index (χ2n) is 12.1. The molecule has 0 spiro atoms. The van der Waals surface area contributed by atoms with Gasteiger partial charge >= 0.3 is 0 Å². The first-order chi connectivity index (χ1) is 11.5. The Kier molecular flexibility index (Phi) is 5.77. The lowest BCUT2D eigenvalue weighted by Gasteiger charge is -2.69. The Hall–Kier alpha value is 0.258. The van der Waals surface area contributed by atoms with Crippen LogP contribution in [0.5, 0.6) is 0 Å². The van der Waals surface area contributed by atoms with Crippen LogP contribution in [-0.4, -0.2) is 29.7 Å². The highest BCUT2D eigenvalue weighted by molar-refractivity contribution is 8.39. The van der Waals surface area contributed by atoms with Gasteiger partial charge in [-0.05, 0) is 21.5 Å². The summed E-state index contributed by atoms with van der Waals surface area (Å²) in [6, 6.07) is 11.6. The van der Waals surface area contributed by atoms with Crippen LogP contribution in [0, 0.1) is 5.41 Å². The summed E-state index contributed by atoms with van der Waals surface area (Å²) in [5.41, 5.74) is 1.90. The van der Waals surface area contributed by atoms with Crippen molar-refractivity contribution >= 4 is 41.9 Å². The van der Waals surface area contributed by atoms with Gasteiger partial charge in [-0.1, -0.05) is 110 Å². The summed E-state index contributed by atoms with van der Waals surface area (Å²) in [6.45, 7) is 30.5. The molecule has 1 aliphatic heterocycles. The molecule has 0 aliphatic carbocycles. The monoisotopic (exact) mass is 436 g/mol. The molecule has 1 heterocycles. The van der Waals surface area contributed by atoms with E-state index >= 15 is 0 Å². The van der Waals surface area contributed by atoms with Crippen LogP contribution >= 0.6 is 7.02 Å². The zero-order chi connectivity index (χ0) is 20.3. The van der Waals surface area contributed by atoms with Crippen LogP contribution in [-0.2, 0) is 0 Å². The Morgan fingerprint density at radius 3 is 1.46 bits per heavy atom. The van der Waals surface area contributed by atoms with E-state index < -0.39 is 29.7 Å². The molecule has 1 aromatic carbocycles. The van der Waals surface area contributed by atoms with Gasteiger partial charge in [0.1, 0.15) is 0 Å². The molecule has 0 saturated carbocycles. The summed E-state index contributed by atoms with van der Waals surface area (Å²) < 4.78 is 0. The highest BCUT2D eigenvalue weighted by Gasteiger charge is 2.71. The van der Waals surface area contributed by atoms with E-state index in [0.717, 1.165) is 0 Å². The molecule has 0 N–H and O–H groups in total. The third-order valence-corrected chi connectivity index (χ3v) is 80.2. The molecule has 0 amide bonds. The van der Waals surface area contributed by atoms with E-state index in [-0.39, 0.29) is 7.02 Å². The summed E-state index contributed by atoms with van der Waals surface area (Å²) in [5.74, 6) is 0. The van der Waals surface area contributed by atoms with Crippen LogP contribution in [0.15, 0.2) is 35.6 Å². The normalized spacial score (nSPS) is 21.6. The van der Waals surface area contributed by atoms with Crippen molar-refractivity contribution in [2.24, 2.45) is 5.41 Å². The highest BCUT2D eigenvalue weighted by atomic mass is 31.7. The van der Waals surface area contributed by atoms with E-state index in [0.29, 0.717) is 5.41 Å². The molecule has 146 valence electrons. The van der Waals surface area contributed by atoms with Crippen molar-refractivity contribution in [1.82, 2.24) is 0 Å². The minimum absolute atomic E-state index is 0.104. The van der Waals surface area contributed by atoms with Gasteiger partial charge in [0, 0.05) is 15.2 Å². The van der Waals surface area contributed by atoms with Gasteiger partial charge in [-0.2, -0.15) is 0 Å². The van der Waals surface area contributed by atoms with Crippen molar-refractivity contribution in [3.63, 3.8) is 0 Å². The quantitative estimate of drug-likeness (QED) is 0.330. The third kappa shape index (κ3) is 3.39. The van der Waals surface area contributed by atoms with Gasteiger partial charge < -0.3 is 0 Å². The van der Waals surface area contributed by atoms with Crippen molar-refractivity contribution in [3.8, 4) is 0 Å². The fourth-order valence-electron chi connectivity index (χ4n) is 5.55. The lowest BCUT2D eigenvalue weighted by molar-refractivity contribution is 0.533. The van der Waals surface area contributed by atoms with Crippen molar-refractivity contribution in [1.29, 1.82) is 0 Å². The molecule has 0 aromatic heterocycles. The van der Waals surface area contributed by atoms with Gasteiger partial charge in [0.15, 0.2) is 0 Å².